The fraction of sp³-hybridized carbons (Fsp3) is 0.615. The molecule has 3 nitrogen and oxygen atoms in total. The molecule has 0 aromatic carbocycles. The van der Waals surface area contributed by atoms with Crippen molar-refractivity contribution < 1.29 is 0 Å². The van der Waals surface area contributed by atoms with Crippen LogP contribution in [0.5, 0.6) is 0 Å². The fourth-order valence-corrected chi connectivity index (χ4v) is 2.61. The summed E-state index contributed by atoms with van der Waals surface area (Å²) in [6.45, 7) is 7.38. The van der Waals surface area contributed by atoms with E-state index < -0.39 is 0 Å². The molecule has 2 unspecified atom stereocenters. The summed E-state index contributed by atoms with van der Waals surface area (Å²) in [5.41, 5.74) is 6.60. The monoisotopic (exact) mass is 219 g/mol. The van der Waals surface area contributed by atoms with E-state index in [4.69, 9.17) is 5.73 Å². The predicted octanol–water partition coefficient (Wildman–Crippen LogP) is 2.02. The van der Waals surface area contributed by atoms with Crippen molar-refractivity contribution in [2.75, 3.05) is 18.0 Å². The smallest absolute Gasteiger partial charge is 0.128 e. The molecule has 1 fully saturated rings. The first-order valence-corrected chi connectivity index (χ1v) is 6.10. The molecule has 1 aliphatic rings. The third-order valence-corrected chi connectivity index (χ3v) is 3.19. The summed E-state index contributed by atoms with van der Waals surface area (Å²) < 4.78 is 0. The van der Waals surface area contributed by atoms with Gasteiger partial charge in [-0.1, -0.05) is 19.9 Å². The normalized spacial score (nSPS) is 25.8. The van der Waals surface area contributed by atoms with Crippen molar-refractivity contribution in [1.82, 2.24) is 4.98 Å². The van der Waals surface area contributed by atoms with Gasteiger partial charge in [0.25, 0.3) is 0 Å². The lowest BCUT2D eigenvalue weighted by Crippen LogP contribution is -2.39. The second-order valence-electron chi connectivity index (χ2n) is 5.04. The van der Waals surface area contributed by atoms with E-state index in [1.165, 1.54) is 6.42 Å². The highest BCUT2D eigenvalue weighted by atomic mass is 15.2. The van der Waals surface area contributed by atoms with E-state index in [1.54, 1.807) is 0 Å². The Balaban J connectivity index is 2.16. The van der Waals surface area contributed by atoms with Crippen LogP contribution in [0.3, 0.4) is 0 Å². The first kappa shape index (κ1) is 11.4. The Kier molecular flexibility index (Phi) is 3.44. The number of pyridine rings is 1. The Morgan fingerprint density at radius 1 is 1.31 bits per heavy atom. The summed E-state index contributed by atoms with van der Waals surface area (Å²) in [4.78, 5) is 6.97. The van der Waals surface area contributed by atoms with Gasteiger partial charge in [0.1, 0.15) is 5.82 Å². The molecule has 1 aromatic heterocycles. The van der Waals surface area contributed by atoms with E-state index >= 15 is 0 Å². The van der Waals surface area contributed by atoms with E-state index in [0.29, 0.717) is 6.54 Å². The highest BCUT2D eigenvalue weighted by Crippen LogP contribution is 2.24. The number of hydrogen-bond donors (Lipinski definition) is 1. The van der Waals surface area contributed by atoms with Crippen LogP contribution in [0.15, 0.2) is 18.2 Å². The minimum absolute atomic E-state index is 0.521. The number of piperidine rings is 1. The highest BCUT2D eigenvalue weighted by molar-refractivity contribution is 5.40. The molecular formula is C13H21N3. The van der Waals surface area contributed by atoms with Crippen molar-refractivity contribution in [1.29, 1.82) is 0 Å². The van der Waals surface area contributed by atoms with Crippen LogP contribution in [-0.2, 0) is 6.54 Å². The van der Waals surface area contributed by atoms with Crippen molar-refractivity contribution in [3.8, 4) is 0 Å². The van der Waals surface area contributed by atoms with Crippen molar-refractivity contribution in [2.45, 2.75) is 26.8 Å². The Bertz CT molecular complexity index is 341. The Labute approximate surface area is 97.7 Å². The van der Waals surface area contributed by atoms with Gasteiger partial charge in [0.15, 0.2) is 0 Å². The van der Waals surface area contributed by atoms with Crippen molar-refractivity contribution >= 4 is 5.82 Å². The Hall–Kier alpha value is -1.09. The van der Waals surface area contributed by atoms with E-state index in [2.05, 4.69) is 35.9 Å². The molecule has 1 saturated heterocycles. The molecule has 88 valence electrons. The number of nitrogens with two attached hydrogens (primary N) is 1. The van der Waals surface area contributed by atoms with Gasteiger partial charge in [-0.25, -0.2) is 4.98 Å². The van der Waals surface area contributed by atoms with Gasteiger partial charge >= 0.3 is 0 Å². The summed E-state index contributed by atoms with van der Waals surface area (Å²) in [6, 6.07) is 6.12. The number of aromatic nitrogens is 1. The molecule has 0 bridgehead atoms. The van der Waals surface area contributed by atoms with Gasteiger partial charge in [-0.05, 0) is 30.4 Å². The number of rotatable bonds is 2. The Morgan fingerprint density at radius 3 is 2.62 bits per heavy atom. The Morgan fingerprint density at radius 2 is 2.00 bits per heavy atom. The standard InChI is InChI=1S/C13H21N3/c1-10-6-11(2)9-16(8-10)13-5-3-4-12(7-14)15-13/h3-5,10-11H,6-9,14H2,1-2H3. The second-order valence-corrected chi connectivity index (χ2v) is 5.04. The van der Waals surface area contributed by atoms with Gasteiger partial charge in [-0.15, -0.1) is 0 Å². The number of nitrogens with zero attached hydrogens (tertiary/aromatic N) is 2. The first-order chi connectivity index (χ1) is 7.69. The molecule has 16 heavy (non-hydrogen) atoms. The number of hydrogen-bond acceptors (Lipinski definition) is 3. The molecule has 0 amide bonds. The van der Waals surface area contributed by atoms with Crippen LogP contribution in [0.25, 0.3) is 0 Å². The van der Waals surface area contributed by atoms with E-state index in [1.807, 2.05) is 6.07 Å². The van der Waals surface area contributed by atoms with Gasteiger partial charge < -0.3 is 10.6 Å². The summed E-state index contributed by atoms with van der Waals surface area (Å²) >= 11 is 0. The van der Waals surface area contributed by atoms with Crippen LogP contribution < -0.4 is 10.6 Å². The molecule has 1 aliphatic heterocycles. The minimum atomic E-state index is 0.521. The maximum atomic E-state index is 5.62. The zero-order valence-electron chi connectivity index (χ0n) is 10.2. The van der Waals surface area contributed by atoms with Gasteiger partial charge in [-0.3, -0.25) is 0 Å². The average molecular weight is 219 g/mol. The third kappa shape index (κ3) is 2.53. The molecule has 1 aromatic rings. The topological polar surface area (TPSA) is 42.1 Å². The quantitative estimate of drug-likeness (QED) is 0.827. The van der Waals surface area contributed by atoms with E-state index in [0.717, 1.165) is 36.4 Å². The zero-order chi connectivity index (χ0) is 11.5. The molecule has 2 N–H and O–H groups in total. The highest BCUT2D eigenvalue weighted by Gasteiger charge is 2.22. The van der Waals surface area contributed by atoms with Crippen LogP contribution in [0.1, 0.15) is 26.0 Å². The number of anilines is 1. The summed E-state index contributed by atoms with van der Waals surface area (Å²) in [5, 5.41) is 0. The second kappa shape index (κ2) is 4.83. The maximum Gasteiger partial charge on any atom is 0.128 e. The van der Waals surface area contributed by atoms with Gasteiger partial charge in [0.2, 0.25) is 0 Å². The molecule has 0 saturated carbocycles. The lowest BCUT2D eigenvalue weighted by Gasteiger charge is -2.35. The van der Waals surface area contributed by atoms with Gasteiger partial charge in [0, 0.05) is 19.6 Å². The van der Waals surface area contributed by atoms with E-state index in [-0.39, 0.29) is 0 Å². The van der Waals surface area contributed by atoms with Crippen molar-refractivity contribution in [3.63, 3.8) is 0 Å². The summed E-state index contributed by atoms with van der Waals surface area (Å²) in [6.07, 6.45) is 1.33. The predicted molar refractivity (Wildman–Crippen MR) is 67.3 cm³/mol. The molecule has 0 radical (unpaired) electrons. The molecule has 2 atom stereocenters. The SMILES string of the molecule is CC1CC(C)CN(c2cccc(CN)n2)C1. The molecular weight excluding hydrogens is 198 g/mol. The van der Waals surface area contributed by atoms with Crippen LogP contribution in [0.2, 0.25) is 0 Å². The summed E-state index contributed by atoms with van der Waals surface area (Å²) in [7, 11) is 0. The van der Waals surface area contributed by atoms with E-state index in [9.17, 15) is 0 Å². The minimum Gasteiger partial charge on any atom is -0.356 e. The molecule has 3 heteroatoms. The third-order valence-electron chi connectivity index (χ3n) is 3.19. The largest absolute Gasteiger partial charge is 0.356 e. The molecule has 0 aliphatic carbocycles. The zero-order valence-corrected chi connectivity index (χ0v) is 10.2. The van der Waals surface area contributed by atoms with Crippen LogP contribution in [-0.4, -0.2) is 18.1 Å². The van der Waals surface area contributed by atoms with Gasteiger partial charge in [-0.2, -0.15) is 0 Å². The lowest BCUT2D eigenvalue weighted by atomic mass is 9.92. The first-order valence-electron chi connectivity index (χ1n) is 6.10. The molecule has 2 rings (SSSR count). The maximum absolute atomic E-state index is 5.62. The van der Waals surface area contributed by atoms with Crippen molar-refractivity contribution in [3.05, 3.63) is 23.9 Å². The van der Waals surface area contributed by atoms with Crippen LogP contribution in [0, 0.1) is 11.8 Å². The average Bonchev–Trinajstić information content (AvgIpc) is 2.28. The molecule has 2 heterocycles. The fourth-order valence-electron chi connectivity index (χ4n) is 2.61. The lowest BCUT2D eigenvalue weighted by molar-refractivity contribution is 0.355. The summed E-state index contributed by atoms with van der Waals surface area (Å²) in [5.74, 6) is 2.60. The molecule has 0 spiro atoms. The van der Waals surface area contributed by atoms with Crippen molar-refractivity contribution in [2.24, 2.45) is 17.6 Å². The van der Waals surface area contributed by atoms with Gasteiger partial charge in [0.05, 0.1) is 5.69 Å². The van der Waals surface area contributed by atoms with Crippen LogP contribution >= 0.6 is 0 Å². The van der Waals surface area contributed by atoms with Crippen LogP contribution in [0.4, 0.5) is 5.82 Å².